The summed E-state index contributed by atoms with van der Waals surface area (Å²) in [6.45, 7) is 7.39. The molecule has 9 N–H and O–H groups in total. The summed E-state index contributed by atoms with van der Waals surface area (Å²) >= 11 is 0. The second-order valence-electron chi connectivity index (χ2n) is 30.6. The first kappa shape index (κ1) is 83.7. The van der Waals surface area contributed by atoms with Crippen LogP contribution in [0.3, 0.4) is 0 Å². The molecule has 8 aromatic heterocycles. The Bertz CT molecular complexity index is 7210. The van der Waals surface area contributed by atoms with E-state index in [2.05, 4.69) is 127 Å². The monoisotopic (exact) mass is 1700 g/mol. The Morgan fingerprint density at radius 1 is 0.349 bits per heavy atom. The number of ether oxygens (including phenoxy) is 2. The summed E-state index contributed by atoms with van der Waals surface area (Å²) in [5.41, 5.74) is 19.0. The van der Waals surface area contributed by atoms with E-state index in [-0.39, 0.29) is 46.8 Å². The van der Waals surface area contributed by atoms with E-state index in [4.69, 9.17) is 30.5 Å². The van der Waals surface area contributed by atoms with Gasteiger partial charge in [-0.3, -0.25) is 74.1 Å². The molecule has 630 valence electrons. The van der Waals surface area contributed by atoms with Crippen LogP contribution < -0.4 is 31.3 Å². The van der Waals surface area contributed by atoms with Crippen LogP contribution in [0.2, 0.25) is 0 Å². The van der Waals surface area contributed by atoms with Crippen molar-refractivity contribution < 1.29 is 33.4 Å². The Morgan fingerprint density at radius 3 is 1.04 bits per heavy atom. The fraction of sp³-hybridized carbons (Fsp3) is 0.121. The topological polar surface area (TPSA) is 432 Å². The molecule has 3 aliphatic rings. The van der Waals surface area contributed by atoms with Crippen LogP contribution in [-0.4, -0.2) is 139 Å². The number of morpholine rings is 1. The van der Waals surface area contributed by atoms with Crippen LogP contribution in [0.4, 0.5) is 28.4 Å². The maximum Gasteiger partial charge on any atom is 0.276 e. The summed E-state index contributed by atoms with van der Waals surface area (Å²) in [4.78, 5) is 85.6. The number of hydrogen-bond donors (Lipinski definition) is 9. The van der Waals surface area contributed by atoms with Crippen LogP contribution in [0.15, 0.2) is 274 Å². The first-order valence-electron chi connectivity index (χ1n) is 41.2. The number of likely N-dealkylation sites (tertiary alicyclic amines) is 1. The molecular weight excluding hydrogens is 1620 g/mol. The van der Waals surface area contributed by atoms with Gasteiger partial charge in [0.1, 0.15) is 11.5 Å². The van der Waals surface area contributed by atoms with E-state index in [0.717, 1.165) is 154 Å². The van der Waals surface area contributed by atoms with Crippen molar-refractivity contribution in [3.63, 3.8) is 0 Å². The quantitative estimate of drug-likeness (QED) is 0.0342. The number of carbonyl (C=O) groups is 5. The van der Waals surface area contributed by atoms with Gasteiger partial charge in [0.05, 0.1) is 99.9 Å². The van der Waals surface area contributed by atoms with Crippen LogP contribution >= 0.6 is 0 Å². The number of para-hydroxylation sites is 1. The van der Waals surface area contributed by atoms with E-state index in [0.29, 0.717) is 78.6 Å². The summed E-state index contributed by atoms with van der Waals surface area (Å²) in [6, 6.07) is 75.6. The molecule has 9 aromatic carbocycles. The van der Waals surface area contributed by atoms with Crippen LogP contribution in [0.25, 0.3) is 88.1 Å². The van der Waals surface area contributed by atoms with Gasteiger partial charge in [-0.2, -0.15) is 41.4 Å². The van der Waals surface area contributed by atoms with Crippen LogP contribution in [0, 0.1) is 51.2 Å². The number of aromatic amines is 4. The second-order valence-corrected chi connectivity index (χ2v) is 30.6. The molecule has 0 bridgehead atoms. The van der Waals surface area contributed by atoms with Gasteiger partial charge >= 0.3 is 0 Å². The van der Waals surface area contributed by atoms with Gasteiger partial charge in [-0.05, 0) is 248 Å². The Balaban J connectivity index is 0.000000121. The van der Waals surface area contributed by atoms with Crippen LogP contribution in [0.5, 0.6) is 11.5 Å². The third-order valence-corrected chi connectivity index (χ3v) is 21.6. The standard InChI is InChI=1S/C26H17N5O2.C25H22N6O2.C24H18N6O2.C24H20N6O/c27-14-17-6-9-20(10-7-17)29-26(32)25-23-13-18(8-11-24(23)30-31-25)19-12-22(16-28-15-19)33-21-4-2-1-3-5-21;26-13-17-1-4-21(5-2-17)28-25(32)24-22-12-19(3-6-23(22)29-30-24)20-11-18(14-27-15-20)16-31-7-9-33-10-8-31;25-11-14-1-6-18(7-2-14)27-24(32)22-20-10-16(5-8-21(20)29-30-22)17-9-19(13-26-12-17)28-23(31)15-3-4-15;25-12-16-2-5-20(6-3-16)27-24(31)23-21-11-18(4-7-22(21)28-29-23)19-10-17(13-26-14-19)15-30-8-1-9-30/h1-13,15-16H,(H,29,32)(H,30,31);1-6,11-12,14-15H,7-10,16H2,(H,28,32)(H,29,30);1-2,5-10,12-13,15H,3-4H2,(H,27,32)(H,28,31)(H,29,30);2-7,10-11,13-14H,1,8-9,15H2,(H,27,31)(H,28,29). The molecule has 20 rings (SSSR count). The molecule has 3 fully saturated rings. The first-order chi connectivity index (χ1) is 63.2. The maximum atomic E-state index is 12.9. The molecule has 0 spiro atoms. The number of hydrogen-bond acceptors (Lipinski definition) is 21. The predicted molar refractivity (Wildman–Crippen MR) is 488 cm³/mol. The number of nitriles is 4. The highest BCUT2D eigenvalue weighted by molar-refractivity contribution is 6.15. The van der Waals surface area contributed by atoms with E-state index in [1.54, 1.807) is 122 Å². The fourth-order valence-electron chi connectivity index (χ4n) is 14.5. The van der Waals surface area contributed by atoms with Crippen molar-refractivity contribution >= 4 is 102 Å². The average Bonchev–Trinajstić information content (AvgIpc) is 1.68. The number of carbonyl (C=O) groups excluding carboxylic acids is 5. The fourth-order valence-corrected chi connectivity index (χ4v) is 14.5. The highest BCUT2D eigenvalue weighted by Crippen LogP contribution is 2.35. The Hall–Kier alpha value is -17.6. The molecule has 0 radical (unpaired) electrons. The molecule has 1 saturated carbocycles. The molecule has 10 heterocycles. The molecule has 129 heavy (non-hydrogen) atoms. The number of nitrogens with zero attached hydrogens (tertiary/aromatic N) is 14. The number of pyridine rings is 4. The SMILES string of the molecule is N#Cc1ccc(NC(=O)c2n[nH]c3ccc(-c4cncc(CN5CCC5)c4)cc23)cc1.N#Cc1ccc(NC(=O)c2n[nH]c3ccc(-c4cncc(CN5CCOCC5)c4)cc23)cc1.N#Cc1ccc(NC(=O)c2n[nH]c3ccc(-c4cncc(NC(=O)C5CC5)c4)cc23)cc1.N#Cc1ccc(NC(=O)c2n[nH]c3ccc(-c4cncc(Oc5ccccc5)c4)cc23)cc1. The molecular formula is C99H77N23O7. The zero-order valence-corrected chi connectivity index (χ0v) is 69.0. The van der Waals surface area contributed by atoms with Crippen LogP contribution in [0.1, 0.15) is 94.6 Å². The highest BCUT2D eigenvalue weighted by atomic mass is 16.5. The zero-order chi connectivity index (χ0) is 88.5. The summed E-state index contributed by atoms with van der Waals surface area (Å²) in [7, 11) is 0. The van der Waals surface area contributed by atoms with E-state index >= 15 is 0 Å². The molecule has 0 unspecified atom stereocenters. The summed E-state index contributed by atoms with van der Waals surface area (Å²) in [5.74, 6) is 0.145. The number of H-pyrrole nitrogens is 4. The minimum atomic E-state index is -0.360. The molecule has 30 nitrogen and oxygen atoms in total. The van der Waals surface area contributed by atoms with Crippen molar-refractivity contribution in [3.8, 4) is 80.3 Å². The van der Waals surface area contributed by atoms with Gasteiger partial charge in [0.15, 0.2) is 22.8 Å². The minimum absolute atomic E-state index is 0.0241. The van der Waals surface area contributed by atoms with Gasteiger partial charge in [-0.1, -0.05) is 42.5 Å². The van der Waals surface area contributed by atoms with E-state index in [1.807, 2.05) is 146 Å². The number of nitrogens with one attached hydrogen (secondary N) is 9. The number of anilines is 5. The highest BCUT2D eigenvalue weighted by Gasteiger charge is 2.30. The molecule has 30 heteroatoms. The van der Waals surface area contributed by atoms with Crippen LogP contribution in [-0.2, 0) is 22.6 Å². The number of benzene rings is 9. The van der Waals surface area contributed by atoms with Crippen molar-refractivity contribution in [3.05, 3.63) is 330 Å². The van der Waals surface area contributed by atoms with Gasteiger partial charge in [0.25, 0.3) is 23.6 Å². The lowest BCUT2D eigenvalue weighted by Gasteiger charge is -2.30. The summed E-state index contributed by atoms with van der Waals surface area (Å²) in [6.07, 6.45) is 17.4. The zero-order valence-electron chi connectivity index (χ0n) is 69.0. The van der Waals surface area contributed by atoms with Crippen molar-refractivity contribution in [1.29, 1.82) is 21.0 Å². The van der Waals surface area contributed by atoms with Crippen molar-refractivity contribution in [2.45, 2.75) is 32.4 Å². The van der Waals surface area contributed by atoms with Crippen molar-refractivity contribution in [2.75, 3.05) is 66.0 Å². The van der Waals surface area contributed by atoms with E-state index in [9.17, 15) is 24.0 Å². The minimum Gasteiger partial charge on any atom is -0.456 e. The Kier molecular flexibility index (Phi) is 25.2. The number of aromatic nitrogens is 12. The molecule has 1 aliphatic carbocycles. The van der Waals surface area contributed by atoms with Crippen molar-refractivity contribution in [1.82, 2.24) is 70.5 Å². The predicted octanol–water partition coefficient (Wildman–Crippen LogP) is 17.2. The first-order valence-corrected chi connectivity index (χ1v) is 41.2. The number of fused-ring (bicyclic) bond motifs is 4. The lowest BCUT2D eigenvalue weighted by Crippen LogP contribution is -2.36. The second kappa shape index (κ2) is 38.9. The van der Waals surface area contributed by atoms with Crippen molar-refractivity contribution in [2.24, 2.45) is 5.92 Å². The third kappa shape index (κ3) is 20.5. The lowest BCUT2D eigenvalue weighted by atomic mass is 10.0. The normalized spacial score (nSPS) is 12.7. The maximum absolute atomic E-state index is 12.9. The van der Waals surface area contributed by atoms with Gasteiger partial charge in [0.2, 0.25) is 5.91 Å². The molecule has 0 atom stereocenters. The van der Waals surface area contributed by atoms with E-state index in [1.165, 1.54) is 12.0 Å². The Morgan fingerprint density at radius 2 is 0.690 bits per heavy atom. The third-order valence-electron chi connectivity index (χ3n) is 21.6. The average molecular weight is 1700 g/mol. The summed E-state index contributed by atoms with van der Waals surface area (Å²) < 4.78 is 11.3. The molecule has 17 aromatic rings. The molecule has 2 aliphatic heterocycles. The van der Waals surface area contributed by atoms with Gasteiger partial charge in [-0.25, -0.2) is 0 Å². The van der Waals surface area contributed by atoms with Gasteiger partial charge in [0, 0.05) is 136 Å². The largest absolute Gasteiger partial charge is 0.456 e. The number of rotatable bonds is 20. The molecule has 5 amide bonds. The van der Waals surface area contributed by atoms with E-state index < -0.39 is 0 Å². The summed E-state index contributed by atoms with van der Waals surface area (Å²) in [5, 5.41) is 81.2. The smallest absolute Gasteiger partial charge is 0.276 e. The van der Waals surface area contributed by atoms with Gasteiger partial charge < -0.3 is 36.1 Å². The lowest BCUT2D eigenvalue weighted by molar-refractivity contribution is -0.117. The number of amides is 5. The molecule has 2 saturated heterocycles. The van der Waals surface area contributed by atoms with Gasteiger partial charge in [-0.15, -0.1) is 0 Å². The Labute approximate surface area is 737 Å².